The van der Waals surface area contributed by atoms with Crippen molar-refractivity contribution in [3.63, 3.8) is 0 Å². The fraction of sp³-hybridized carbons (Fsp3) is 0.294. The molecule has 4 nitrogen and oxygen atoms in total. The summed E-state index contributed by atoms with van der Waals surface area (Å²) in [6, 6.07) is 11.8. The SMILES string of the molecule is Oc1cccc(Cc2nc3cccnc3n2C2CCSC2)c1. The maximum atomic E-state index is 9.67. The van der Waals surface area contributed by atoms with Gasteiger partial charge in [0, 0.05) is 24.4 Å². The van der Waals surface area contributed by atoms with Crippen molar-refractivity contribution in [2.45, 2.75) is 18.9 Å². The van der Waals surface area contributed by atoms with Crippen molar-refractivity contribution < 1.29 is 5.11 Å². The van der Waals surface area contributed by atoms with Crippen LogP contribution in [0.3, 0.4) is 0 Å². The number of benzene rings is 1. The molecule has 1 aliphatic rings. The van der Waals surface area contributed by atoms with Crippen LogP contribution in [0, 0.1) is 0 Å². The van der Waals surface area contributed by atoms with Crippen molar-refractivity contribution in [1.29, 1.82) is 0 Å². The number of hydrogen-bond acceptors (Lipinski definition) is 4. The Balaban J connectivity index is 1.80. The number of nitrogens with zero attached hydrogens (tertiary/aromatic N) is 3. The van der Waals surface area contributed by atoms with Gasteiger partial charge in [0.05, 0.1) is 0 Å². The largest absolute Gasteiger partial charge is 0.508 e. The third-order valence-electron chi connectivity index (χ3n) is 4.07. The fourth-order valence-corrected chi connectivity index (χ4v) is 4.25. The van der Waals surface area contributed by atoms with E-state index < -0.39 is 0 Å². The number of rotatable bonds is 3. The maximum Gasteiger partial charge on any atom is 0.160 e. The van der Waals surface area contributed by atoms with E-state index in [4.69, 9.17) is 4.98 Å². The molecule has 1 fully saturated rings. The van der Waals surface area contributed by atoms with E-state index in [1.807, 2.05) is 42.2 Å². The van der Waals surface area contributed by atoms with E-state index in [1.165, 1.54) is 12.2 Å². The number of thioether (sulfide) groups is 1. The van der Waals surface area contributed by atoms with E-state index in [1.54, 1.807) is 12.1 Å². The molecule has 0 bridgehead atoms. The van der Waals surface area contributed by atoms with Crippen molar-refractivity contribution in [2.24, 2.45) is 0 Å². The molecule has 1 aromatic carbocycles. The van der Waals surface area contributed by atoms with E-state index >= 15 is 0 Å². The summed E-state index contributed by atoms with van der Waals surface area (Å²) in [4.78, 5) is 9.34. The first-order valence-corrected chi connectivity index (χ1v) is 8.64. The van der Waals surface area contributed by atoms with Gasteiger partial charge in [-0.2, -0.15) is 11.8 Å². The minimum Gasteiger partial charge on any atom is -0.508 e. The molecule has 4 rings (SSSR count). The molecule has 0 radical (unpaired) electrons. The van der Waals surface area contributed by atoms with E-state index in [-0.39, 0.29) is 0 Å². The summed E-state index contributed by atoms with van der Waals surface area (Å²) in [5.41, 5.74) is 3.00. The quantitative estimate of drug-likeness (QED) is 0.805. The Morgan fingerprint density at radius 2 is 2.23 bits per heavy atom. The number of imidazole rings is 1. The molecule has 1 saturated heterocycles. The molecule has 112 valence electrons. The standard InChI is InChI=1S/C17H17N3OS/c21-14-4-1-3-12(9-14)10-16-19-15-5-2-7-18-17(15)20(16)13-6-8-22-11-13/h1-5,7,9,13,21H,6,8,10-11H2. The van der Waals surface area contributed by atoms with Crippen molar-refractivity contribution in [3.05, 3.63) is 54.0 Å². The average Bonchev–Trinajstić information content (AvgIpc) is 3.13. The second-order valence-corrected chi connectivity index (χ2v) is 6.76. The van der Waals surface area contributed by atoms with Crippen LogP contribution >= 0.6 is 11.8 Å². The highest BCUT2D eigenvalue weighted by Crippen LogP contribution is 2.32. The number of hydrogen-bond donors (Lipinski definition) is 1. The number of aromatic nitrogens is 3. The predicted molar refractivity (Wildman–Crippen MR) is 89.4 cm³/mol. The third kappa shape index (κ3) is 2.46. The number of pyridine rings is 1. The van der Waals surface area contributed by atoms with Crippen LogP contribution < -0.4 is 0 Å². The summed E-state index contributed by atoms with van der Waals surface area (Å²) in [5.74, 6) is 3.65. The van der Waals surface area contributed by atoms with Gasteiger partial charge in [0.15, 0.2) is 5.65 Å². The molecule has 3 heterocycles. The van der Waals surface area contributed by atoms with Crippen LogP contribution in [-0.4, -0.2) is 31.1 Å². The van der Waals surface area contributed by atoms with Gasteiger partial charge in [-0.25, -0.2) is 9.97 Å². The highest BCUT2D eigenvalue weighted by molar-refractivity contribution is 7.99. The van der Waals surface area contributed by atoms with E-state index in [2.05, 4.69) is 9.55 Å². The Morgan fingerprint density at radius 1 is 1.27 bits per heavy atom. The van der Waals surface area contributed by atoms with Crippen LogP contribution in [0.5, 0.6) is 5.75 Å². The molecule has 2 aromatic heterocycles. The summed E-state index contributed by atoms with van der Waals surface area (Å²) >= 11 is 1.99. The van der Waals surface area contributed by atoms with Crippen LogP contribution in [-0.2, 0) is 6.42 Å². The van der Waals surface area contributed by atoms with E-state index in [0.717, 1.165) is 28.3 Å². The molecule has 1 aliphatic heterocycles. The highest BCUT2D eigenvalue weighted by Gasteiger charge is 2.23. The topological polar surface area (TPSA) is 50.9 Å². The maximum absolute atomic E-state index is 9.67. The number of fused-ring (bicyclic) bond motifs is 1. The Labute approximate surface area is 133 Å². The summed E-state index contributed by atoms with van der Waals surface area (Å²) in [6.07, 6.45) is 3.71. The van der Waals surface area contributed by atoms with Gasteiger partial charge < -0.3 is 9.67 Å². The first-order chi connectivity index (χ1) is 10.8. The first-order valence-electron chi connectivity index (χ1n) is 7.49. The molecule has 1 unspecified atom stereocenters. The first kappa shape index (κ1) is 13.6. The molecule has 22 heavy (non-hydrogen) atoms. The van der Waals surface area contributed by atoms with Crippen molar-refractivity contribution >= 4 is 22.9 Å². The van der Waals surface area contributed by atoms with E-state index in [9.17, 15) is 5.11 Å². The van der Waals surface area contributed by atoms with Crippen molar-refractivity contribution in [1.82, 2.24) is 14.5 Å². The number of phenols is 1. The van der Waals surface area contributed by atoms with Gasteiger partial charge in [0.25, 0.3) is 0 Å². The van der Waals surface area contributed by atoms with Crippen LogP contribution in [0.2, 0.25) is 0 Å². The van der Waals surface area contributed by atoms with Gasteiger partial charge in [-0.15, -0.1) is 0 Å². The average molecular weight is 311 g/mol. The monoisotopic (exact) mass is 311 g/mol. The normalized spacial score (nSPS) is 18.1. The van der Waals surface area contributed by atoms with Crippen LogP contribution in [0.4, 0.5) is 0 Å². The Hall–Kier alpha value is -2.01. The summed E-state index contributed by atoms with van der Waals surface area (Å²) in [5, 5.41) is 9.67. The summed E-state index contributed by atoms with van der Waals surface area (Å²) in [7, 11) is 0. The molecule has 1 atom stereocenters. The second kappa shape index (κ2) is 5.65. The molecule has 0 spiro atoms. The molecule has 5 heteroatoms. The highest BCUT2D eigenvalue weighted by atomic mass is 32.2. The van der Waals surface area contributed by atoms with Crippen molar-refractivity contribution in [2.75, 3.05) is 11.5 Å². The van der Waals surface area contributed by atoms with Crippen LogP contribution in [0.1, 0.15) is 23.9 Å². The molecule has 0 amide bonds. The van der Waals surface area contributed by atoms with Crippen LogP contribution in [0.15, 0.2) is 42.6 Å². The Bertz CT molecular complexity index is 809. The minimum absolute atomic E-state index is 0.301. The smallest absolute Gasteiger partial charge is 0.160 e. The lowest BCUT2D eigenvalue weighted by molar-refractivity contribution is 0.474. The molecular formula is C17H17N3OS. The van der Waals surface area contributed by atoms with Gasteiger partial charge in [-0.3, -0.25) is 0 Å². The predicted octanol–water partition coefficient (Wildman–Crippen LogP) is 3.41. The Morgan fingerprint density at radius 3 is 3.05 bits per heavy atom. The lowest BCUT2D eigenvalue weighted by atomic mass is 10.1. The lowest BCUT2D eigenvalue weighted by Crippen LogP contribution is -2.12. The lowest BCUT2D eigenvalue weighted by Gasteiger charge is -2.15. The molecule has 0 aliphatic carbocycles. The molecule has 3 aromatic rings. The van der Waals surface area contributed by atoms with Gasteiger partial charge in [0.1, 0.15) is 17.1 Å². The molecule has 0 saturated carbocycles. The third-order valence-corrected chi connectivity index (χ3v) is 5.21. The summed E-state index contributed by atoms with van der Waals surface area (Å²) in [6.45, 7) is 0. The summed E-state index contributed by atoms with van der Waals surface area (Å²) < 4.78 is 2.30. The van der Waals surface area contributed by atoms with Gasteiger partial charge in [0.2, 0.25) is 0 Å². The van der Waals surface area contributed by atoms with Crippen LogP contribution in [0.25, 0.3) is 11.2 Å². The second-order valence-electron chi connectivity index (χ2n) is 5.61. The Kier molecular flexibility index (Phi) is 3.50. The zero-order valence-electron chi connectivity index (χ0n) is 12.1. The van der Waals surface area contributed by atoms with Crippen molar-refractivity contribution in [3.8, 4) is 5.75 Å². The molecule has 1 N–H and O–H groups in total. The van der Waals surface area contributed by atoms with Gasteiger partial charge in [-0.05, 0) is 42.0 Å². The van der Waals surface area contributed by atoms with Gasteiger partial charge in [-0.1, -0.05) is 12.1 Å². The number of aromatic hydroxyl groups is 1. The molecular weight excluding hydrogens is 294 g/mol. The fourth-order valence-electron chi connectivity index (χ4n) is 3.06. The zero-order valence-corrected chi connectivity index (χ0v) is 13.0. The minimum atomic E-state index is 0.301. The zero-order chi connectivity index (χ0) is 14.9. The van der Waals surface area contributed by atoms with Gasteiger partial charge >= 0.3 is 0 Å². The number of phenolic OH excluding ortho intramolecular Hbond substituents is 1. The van der Waals surface area contributed by atoms with E-state index in [0.29, 0.717) is 18.2 Å².